The van der Waals surface area contributed by atoms with E-state index in [-0.39, 0.29) is 0 Å². The SMILES string of the molecule is CN(Cc1cnn(C)c1)c1cnccc1C#N. The molecule has 0 spiro atoms. The molecule has 0 aliphatic carbocycles. The lowest BCUT2D eigenvalue weighted by Crippen LogP contribution is -2.17. The second-order valence-corrected chi connectivity index (χ2v) is 3.88. The zero-order chi connectivity index (χ0) is 12.3. The molecule has 2 aromatic heterocycles. The molecule has 0 aliphatic heterocycles. The van der Waals surface area contributed by atoms with Crippen LogP contribution in [0.1, 0.15) is 11.1 Å². The van der Waals surface area contributed by atoms with E-state index >= 15 is 0 Å². The molecule has 0 amide bonds. The highest BCUT2D eigenvalue weighted by Gasteiger charge is 2.08. The van der Waals surface area contributed by atoms with Crippen LogP contribution < -0.4 is 4.90 Å². The molecule has 5 heteroatoms. The maximum Gasteiger partial charge on any atom is 0.101 e. The van der Waals surface area contributed by atoms with Gasteiger partial charge in [-0.3, -0.25) is 9.67 Å². The van der Waals surface area contributed by atoms with Crippen LogP contribution in [0.2, 0.25) is 0 Å². The van der Waals surface area contributed by atoms with Crippen LogP contribution >= 0.6 is 0 Å². The number of anilines is 1. The predicted molar refractivity (Wildman–Crippen MR) is 64.3 cm³/mol. The minimum Gasteiger partial charge on any atom is -0.368 e. The quantitative estimate of drug-likeness (QED) is 0.793. The van der Waals surface area contributed by atoms with E-state index in [1.807, 2.05) is 31.4 Å². The van der Waals surface area contributed by atoms with Crippen molar-refractivity contribution in [1.82, 2.24) is 14.8 Å². The fraction of sp³-hybridized carbons (Fsp3) is 0.250. The molecular formula is C12H13N5. The molecule has 0 radical (unpaired) electrons. The third-order valence-electron chi connectivity index (χ3n) is 2.51. The monoisotopic (exact) mass is 227 g/mol. The maximum atomic E-state index is 9.02. The van der Waals surface area contributed by atoms with Crippen LogP contribution in [0.4, 0.5) is 5.69 Å². The number of aromatic nitrogens is 3. The molecule has 0 fully saturated rings. The highest BCUT2D eigenvalue weighted by Crippen LogP contribution is 2.18. The van der Waals surface area contributed by atoms with Crippen LogP contribution in [-0.2, 0) is 13.6 Å². The van der Waals surface area contributed by atoms with Gasteiger partial charge in [0.1, 0.15) is 6.07 Å². The Morgan fingerprint density at radius 1 is 1.47 bits per heavy atom. The molecule has 0 aliphatic rings. The van der Waals surface area contributed by atoms with Crippen LogP contribution in [-0.4, -0.2) is 21.8 Å². The molecule has 0 unspecified atom stereocenters. The molecular weight excluding hydrogens is 214 g/mol. The largest absolute Gasteiger partial charge is 0.368 e. The van der Waals surface area contributed by atoms with Crippen molar-refractivity contribution < 1.29 is 0 Å². The lowest BCUT2D eigenvalue weighted by atomic mass is 10.2. The first-order chi connectivity index (χ1) is 8.20. The molecule has 2 aromatic rings. The van der Waals surface area contributed by atoms with Crippen molar-refractivity contribution in [3.8, 4) is 6.07 Å². The van der Waals surface area contributed by atoms with E-state index in [1.54, 1.807) is 23.1 Å². The van der Waals surface area contributed by atoms with Crippen molar-refractivity contribution in [2.75, 3.05) is 11.9 Å². The van der Waals surface area contributed by atoms with Crippen molar-refractivity contribution in [2.24, 2.45) is 7.05 Å². The van der Waals surface area contributed by atoms with Crippen molar-refractivity contribution in [2.45, 2.75) is 6.54 Å². The van der Waals surface area contributed by atoms with Crippen molar-refractivity contribution in [3.63, 3.8) is 0 Å². The van der Waals surface area contributed by atoms with Gasteiger partial charge in [0.15, 0.2) is 0 Å². The summed E-state index contributed by atoms with van der Waals surface area (Å²) in [5.41, 5.74) is 2.56. The number of pyridine rings is 1. The average Bonchev–Trinajstić information content (AvgIpc) is 2.74. The molecule has 0 aromatic carbocycles. The summed E-state index contributed by atoms with van der Waals surface area (Å²) in [4.78, 5) is 6.04. The number of aryl methyl sites for hydroxylation is 1. The van der Waals surface area contributed by atoms with Crippen LogP contribution in [0.5, 0.6) is 0 Å². The molecule has 0 bridgehead atoms. The molecule has 0 saturated carbocycles. The second kappa shape index (κ2) is 4.66. The summed E-state index contributed by atoms with van der Waals surface area (Å²) in [6, 6.07) is 3.88. The third kappa shape index (κ3) is 2.42. The molecule has 5 nitrogen and oxygen atoms in total. The Hall–Kier alpha value is -2.35. The van der Waals surface area contributed by atoms with Crippen molar-refractivity contribution >= 4 is 5.69 Å². The number of hydrogen-bond acceptors (Lipinski definition) is 4. The zero-order valence-electron chi connectivity index (χ0n) is 9.83. The Balaban J connectivity index is 2.20. The first-order valence-electron chi connectivity index (χ1n) is 5.23. The highest BCUT2D eigenvalue weighted by atomic mass is 15.2. The second-order valence-electron chi connectivity index (χ2n) is 3.88. The van der Waals surface area contributed by atoms with Gasteiger partial charge in [-0.05, 0) is 6.07 Å². The molecule has 2 rings (SSSR count). The first kappa shape index (κ1) is 11.1. The van der Waals surface area contributed by atoms with Gasteiger partial charge in [0, 0.05) is 38.6 Å². The van der Waals surface area contributed by atoms with E-state index in [0.29, 0.717) is 12.1 Å². The van der Waals surface area contributed by atoms with Gasteiger partial charge < -0.3 is 4.90 Å². The summed E-state index contributed by atoms with van der Waals surface area (Å²) >= 11 is 0. The summed E-state index contributed by atoms with van der Waals surface area (Å²) in [5, 5.41) is 13.1. The molecule has 86 valence electrons. The topological polar surface area (TPSA) is 57.7 Å². The van der Waals surface area contributed by atoms with E-state index in [1.165, 1.54) is 0 Å². The minimum atomic E-state index is 0.631. The van der Waals surface area contributed by atoms with Crippen LogP contribution in [0, 0.1) is 11.3 Å². The summed E-state index contributed by atoms with van der Waals surface area (Å²) < 4.78 is 1.76. The summed E-state index contributed by atoms with van der Waals surface area (Å²) in [7, 11) is 3.82. The standard InChI is InChI=1S/C12H13N5/c1-16(8-10-6-15-17(2)9-10)12-7-14-4-3-11(12)5-13/h3-4,6-7,9H,8H2,1-2H3. The zero-order valence-corrected chi connectivity index (χ0v) is 9.83. The van der Waals surface area contributed by atoms with Gasteiger partial charge in [-0.25, -0.2) is 0 Å². The Bertz CT molecular complexity index is 552. The van der Waals surface area contributed by atoms with Gasteiger partial charge in [0.25, 0.3) is 0 Å². The number of nitriles is 1. The van der Waals surface area contributed by atoms with Gasteiger partial charge in [-0.1, -0.05) is 0 Å². The summed E-state index contributed by atoms with van der Waals surface area (Å²) in [6.45, 7) is 0.703. The minimum absolute atomic E-state index is 0.631. The van der Waals surface area contributed by atoms with E-state index < -0.39 is 0 Å². The average molecular weight is 227 g/mol. The molecule has 0 atom stereocenters. The summed E-state index contributed by atoms with van der Waals surface area (Å²) in [5.74, 6) is 0. The van der Waals surface area contributed by atoms with E-state index in [2.05, 4.69) is 16.2 Å². The van der Waals surface area contributed by atoms with Crippen LogP contribution in [0.3, 0.4) is 0 Å². The normalized spacial score (nSPS) is 9.94. The van der Waals surface area contributed by atoms with E-state index in [0.717, 1.165) is 11.3 Å². The first-order valence-corrected chi connectivity index (χ1v) is 5.23. The molecule has 0 saturated heterocycles. The Morgan fingerprint density at radius 2 is 2.29 bits per heavy atom. The summed E-state index contributed by atoms with van der Waals surface area (Å²) in [6.07, 6.45) is 7.10. The van der Waals surface area contributed by atoms with Gasteiger partial charge in [-0.15, -0.1) is 0 Å². The van der Waals surface area contributed by atoms with Gasteiger partial charge >= 0.3 is 0 Å². The fourth-order valence-corrected chi connectivity index (χ4v) is 1.70. The van der Waals surface area contributed by atoms with Crippen LogP contribution in [0.25, 0.3) is 0 Å². The molecule has 17 heavy (non-hydrogen) atoms. The number of nitrogens with zero attached hydrogens (tertiary/aromatic N) is 5. The maximum absolute atomic E-state index is 9.02. The van der Waals surface area contributed by atoms with E-state index in [9.17, 15) is 0 Å². The Kier molecular flexibility index (Phi) is 3.06. The van der Waals surface area contributed by atoms with Crippen molar-refractivity contribution in [3.05, 3.63) is 42.0 Å². The lowest BCUT2D eigenvalue weighted by Gasteiger charge is -2.18. The lowest BCUT2D eigenvalue weighted by molar-refractivity contribution is 0.766. The Labute approximate surface area is 99.9 Å². The Morgan fingerprint density at radius 3 is 2.94 bits per heavy atom. The third-order valence-corrected chi connectivity index (χ3v) is 2.51. The smallest absolute Gasteiger partial charge is 0.101 e. The molecule has 2 heterocycles. The number of hydrogen-bond donors (Lipinski definition) is 0. The van der Waals surface area contributed by atoms with Gasteiger partial charge in [-0.2, -0.15) is 10.4 Å². The predicted octanol–water partition coefficient (Wildman–Crippen LogP) is 1.32. The highest BCUT2D eigenvalue weighted by molar-refractivity contribution is 5.57. The molecule has 0 N–H and O–H groups in total. The van der Waals surface area contributed by atoms with E-state index in [4.69, 9.17) is 5.26 Å². The van der Waals surface area contributed by atoms with Gasteiger partial charge in [0.2, 0.25) is 0 Å². The van der Waals surface area contributed by atoms with Crippen molar-refractivity contribution in [1.29, 1.82) is 5.26 Å². The van der Waals surface area contributed by atoms with Crippen LogP contribution in [0.15, 0.2) is 30.9 Å². The van der Waals surface area contributed by atoms with Gasteiger partial charge in [0.05, 0.1) is 23.6 Å². The fourth-order valence-electron chi connectivity index (χ4n) is 1.70. The number of rotatable bonds is 3.